The Hall–Kier alpha value is -1.26. The van der Waals surface area contributed by atoms with Crippen molar-refractivity contribution in [3.63, 3.8) is 0 Å². The Morgan fingerprint density at radius 2 is 2.18 bits per heavy atom. The summed E-state index contributed by atoms with van der Waals surface area (Å²) in [6, 6.07) is 5.31. The summed E-state index contributed by atoms with van der Waals surface area (Å²) in [6.07, 6.45) is 0. The third-order valence-electron chi connectivity index (χ3n) is 2.24. The molecule has 0 bridgehead atoms. The van der Waals surface area contributed by atoms with Crippen molar-refractivity contribution >= 4 is 24.0 Å². The first-order chi connectivity index (χ1) is 7.65. The molecule has 17 heavy (non-hydrogen) atoms. The van der Waals surface area contributed by atoms with Crippen LogP contribution in [-0.2, 0) is 4.74 Å². The lowest BCUT2D eigenvalue weighted by Crippen LogP contribution is -2.27. The molecule has 1 rings (SSSR count). The van der Waals surface area contributed by atoms with Crippen molar-refractivity contribution in [2.24, 2.45) is 0 Å². The van der Waals surface area contributed by atoms with Crippen molar-refractivity contribution < 1.29 is 9.53 Å². The quantitative estimate of drug-likeness (QED) is 0.625. The number of hydrogen-bond donors (Lipinski definition) is 2. The van der Waals surface area contributed by atoms with E-state index in [4.69, 9.17) is 10.5 Å². The Morgan fingerprint density at radius 3 is 2.82 bits per heavy atom. The minimum absolute atomic E-state index is 0. The molecule has 0 saturated carbocycles. The van der Waals surface area contributed by atoms with Gasteiger partial charge in [0.05, 0.1) is 6.61 Å². The number of carbonyl (C=O) groups is 1. The van der Waals surface area contributed by atoms with Crippen molar-refractivity contribution in [3.05, 3.63) is 29.3 Å². The Labute approximate surface area is 108 Å². The first-order valence-electron chi connectivity index (χ1n) is 5.37. The second-order valence-electron chi connectivity index (χ2n) is 3.53. The average Bonchev–Trinajstić information content (AvgIpc) is 2.27. The molecule has 0 fully saturated rings. The number of aryl methyl sites for hydroxylation is 1. The van der Waals surface area contributed by atoms with Crippen LogP contribution < -0.4 is 11.1 Å². The van der Waals surface area contributed by atoms with Gasteiger partial charge in [-0.1, -0.05) is 6.07 Å². The van der Waals surface area contributed by atoms with Crippen LogP contribution in [-0.4, -0.2) is 25.7 Å². The van der Waals surface area contributed by atoms with E-state index in [-0.39, 0.29) is 18.3 Å². The van der Waals surface area contributed by atoms with Crippen LogP contribution in [0.25, 0.3) is 0 Å². The fourth-order valence-electron chi connectivity index (χ4n) is 1.36. The SMILES string of the molecule is CCOCCNC(=O)c1cc(N)ccc1C.Cl. The summed E-state index contributed by atoms with van der Waals surface area (Å²) >= 11 is 0. The zero-order valence-electron chi connectivity index (χ0n) is 10.2. The van der Waals surface area contributed by atoms with Crippen molar-refractivity contribution in [2.75, 3.05) is 25.5 Å². The van der Waals surface area contributed by atoms with Gasteiger partial charge >= 0.3 is 0 Å². The minimum Gasteiger partial charge on any atom is -0.399 e. The molecule has 1 aromatic carbocycles. The monoisotopic (exact) mass is 258 g/mol. The van der Waals surface area contributed by atoms with Gasteiger partial charge in [-0.3, -0.25) is 4.79 Å². The normalized spacial score (nSPS) is 9.53. The largest absolute Gasteiger partial charge is 0.399 e. The van der Waals surface area contributed by atoms with Crippen LogP contribution in [0, 0.1) is 6.92 Å². The number of benzene rings is 1. The Bertz CT molecular complexity index is 370. The van der Waals surface area contributed by atoms with E-state index in [9.17, 15) is 4.79 Å². The molecule has 1 amide bonds. The van der Waals surface area contributed by atoms with Crippen LogP contribution in [0.1, 0.15) is 22.8 Å². The molecule has 96 valence electrons. The predicted molar refractivity (Wildman–Crippen MR) is 71.7 cm³/mol. The van der Waals surface area contributed by atoms with E-state index >= 15 is 0 Å². The van der Waals surface area contributed by atoms with Crippen LogP contribution in [0.15, 0.2) is 18.2 Å². The van der Waals surface area contributed by atoms with Gasteiger partial charge in [-0.2, -0.15) is 0 Å². The van der Waals surface area contributed by atoms with E-state index in [1.54, 1.807) is 12.1 Å². The molecule has 1 aromatic rings. The number of halogens is 1. The fourth-order valence-corrected chi connectivity index (χ4v) is 1.36. The Balaban J connectivity index is 0.00000256. The van der Waals surface area contributed by atoms with Crippen molar-refractivity contribution in [1.29, 1.82) is 0 Å². The number of rotatable bonds is 5. The zero-order chi connectivity index (χ0) is 12.0. The van der Waals surface area contributed by atoms with Crippen LogP contribution in [0.4, 0.5) is 5.69 Å². The van der Waals surface area contributed by atoms with Crippen molar-refractivity contribution in [3.8, 4) is 0 Å². The maximum absolute atomic E-state index is 11.8. The number of ether oxygens (including phenoxy) is 1. The Kier molecular flexibility index (Phi) is 7.34. The minimum atomic E-state index is -0.107. The van der Waals surface area contributed by atoms with Gasteiger partial charge in [0, 0.05) is 24.4 Å². The number of nitrogens with two attached hydrogens (primary N) is 1. The second kappa shape index (κ2) is 7.92. The molecule has 0 radical (unpaired) electrons. The lowest BCUT2D eigenvalue weighted by molar-refractivity contribution is 0.0922. The third kappa shape index (κ3) is 5.06. The smallest absolute Gasteiger partial charge is 0.251 e. The number of hydrogen-bond acceptors (Lipinski definition) is 3. The van der Waals surface area contributed by atoms with Gasteiger partial charge in [0.1, 0.15) is 0 Å². The van der Waals surface area contributed by atoms with Crippen LogP contribution in [0.2, 0.25) is 0 Å². The molecular weight excluding hydrogens is 240 g/mol. The highest BCUT2D eigenvalue weighted by atomic mass is 35.5. The van der Waals surface area contributed by atoms with E-state index in [0.29, 0.717) is 31.0 Å². The average molecular weight is 259 g/mol. The number of carbonyl (C=O) groups excluding carboxylic acids is 1. The first kappa shape index (κ1) is 15.7. The zero-order valence-corrected chi connectivity index (χ0v) is 11.0. The van der Waals surface area contributed by atoms with E-state index < -0.39 is 0 Å². The molecule has 0 spiro atoms. The van der Waals surface area contributed by atoms with Gasteiger partial charge in [0.15, 0.2) is 0 Å². The number of anilines is 1. The van der Waals surface area contributed by atoms with E-state index in [1.807, 2.05) is 19.9 Å². The van der Waals surface area contributed by atoms with Gasteiger partial charge in [-0.05, 0) is 31.5 Å². The lowest BCUT2D eigenvalue weighted by atomic mass is 10.1. The van der Waals surface area contributed by atoms with E-state index in [2.05, 4.69) is 5.32 Å². The third-order valence-corrected chi connectivity index (χ3v) is 2.24. The highest BCUT2D eigenvalue weighted by Gasteiger charge is 2.08. The van der Waals surface area contributed by atoms with Gasteiger partial charge in [-0.25, -0.2) is 0 Å². The molecule has 0 aliphatic carbocycles. The topological polar surface area (TPSA) is 64.3 Å². The standard InChI is InChI=1S/C12H18N2O2.ClH/c1-3-16-7-6-14-12(15)11-8-10(13)5-4-9(11)2;/h4-5,8H,3,6-7,13H2,1-2H3,(H,14,15);1H. The van der Waals surface area contributed by atoms with Gasteiger partial charge in [-0.15, -0.1) is 12.4 Å². The highest BCUT2D eigenvalue weighted by Crippen LogP contribution is 2.12. The fraction of sp³-hybridized carbons (Fsp3) is 0.417. The summed E-state index contributed by atoms with van der Waals surface area (Å²) in [5, 5.41) is 2.78. The van der Waals surface area contributed by atoms with E-state index in [0.717, 1.165) is 5.56 Å². The van der Waals surface area contributed by atoms with Crippen LogP contribution in [0.3, 0.4) is 0 Å². The highest BCUT2D eigenvalue weighted by molar-refractivity contribution is 5.96. The number of nitrogen functional groups attached to an aromatic ring is 1. The predicted octanol–water partition coefficient (Wildman–Crippen LogP) is 1.77. The molecule has 0 aliphatic rings. The molecule has 0 heterocycles. The van der Waals surface area contributed by atoms with Crippen LogP contribution in [0.5, 0.6) is 0 Å². The van der Waals surface area contributed by atoms with Gasteiger partial charge in [0.2, 0.25) is 0 Å². The maximum Gasteiger partial charge on any atom is 0.251 e. The summed E-state index contributed by atoms with van der Waals surface area (Å²) in [4.78, 5) is 11.8. The lowest BCUT2D eigenvalue weighted by Gasteiger charge is -2.08. The number of amides is 1. The molecule has 3 N–H and O–H groups in total. The summed E-state index contributed by atoms with van der Waals surface area (Å²) in [6.45, 7) is 5.51. The van der Waals surface area contributed by atoms with Gasteiger partial charge < -0.3 is 15.8 Å². The maximum atomic E-state index is 11.8. The van der Waals surface area contributed by atoms with Crippen molar-refractivity contribution in [1.82, 2.24) is 5.32 Å². The number of nitrogens with one attached hydrogen (secondary N) is 1. The molecular formula is C12H19ClN2O2. The second-order valence-corrected chi connectivity index (χ2v) is 3.53. The first-order valence-corrected chi connectivity index (χ1v) is 5.37. The molecule has 0 saturated heterocycles. The summed E-state index contributed by atoms with van der Waals surface area (Å²) < 4.78 is 5.13. The molecule has 4 nitrogen and oxygen atoms in total. The van der Waals surface area contributed by atoms with Crippen molar-refractivity contribution in [2.45, 2.75) is 13.8 Å². The van der Waals surface area contributed by atoms with E-state index in [1.165, 1.54) is 0 Å². The summed E-state index contributed by atoms with van der Waals surface area (Å²) in [7, 11) is 0. The molecule has 5 heteroatoms. The molecule has 0 aliphatic heterocycles. The van der Waals surface area contributed by atoms with Gasteiger partial charge in [0.25, 0.3) is 5.91 Å². The Morgan fingerprint density at radius 1 is 1.47 bits per heavy atom. The molecule has 0 unspecified atom stereocenters. The molecule has 0 atom stereocenters. The summed E-state index contributed by atoms with van der Waals surface area (Å²) in [5.41, 5.74) is 7.78. The molecule has 0 aromatic heterocycles. The summed E-state index contributed by atoms with van der Waals surface area (Å²) in [5.74, 6) is -0.107. The van der Waals surface area contributed by atoms with Crippen LogP contribution >= 0.6 is 12.4 Å².